The van der Waals surface area contributed by atoms with E-state index in [0.717, 1.165) is 19.5 Å². The third-order valence-electron chi connectivity index (χ3n) is 4.75. The van der Waals surface area contributed by atoms with Crippen LogP contribution < -0.4 is 5.32 Å². The summed E-state index contributed by atoms with van der Waals surface area (Å²) in [5, 5.41) is 3.17. The number of carbonyl (C=O) groups is 1. The van der Waals surface area contributed by atoms with Crippen LogP contribution in [0.1, 0.15) is 37.9 Å². The molecular formula is C18H24N4O. The van der Waals surface area contributed by atoms with Crippen molar-refractivity contribution in [3.63, 3.8) is 0 Å². The average molecular weight is 312 g/mol. The second-order valence-corrected chi connectivity index (χ2v) is 6.26. The van der Waals surface area contributed by atoms with Crippen LogP contribution in [-0.2, 0) is 4.79 Å². The van der Waals surface area contributed by atoms with Crippen molar-refractivity contribution < 1.29 is 4.79 Å². The van der Waals surface area contributed by atoms with Crippen molar-refractivity contribution in [1.29, 1.82) is 0 Å². The molecule has 0 aliphatic carbocycles. The Morgan fingerprint density at radius 1 is 1.30 bits per heavy atom. The van der Waals surface area contributed by atoms with Crippen LogP contribution >= 0.6 is 0 Å². The highest BCUT2D eigenvalue weighted by Gasteiger charge is 2.28. The van der Waals surface area contributed by atoms with E-state index in [2.05, 4.69) is 46.4 Å². The molecule has 0 unspecified atom stereocenters. The Bertz CT molecular complexity index is 626. The summed E-state index contributed by atoms with van der Waals surface area (Å²) in [6.45, 7) is 6.04. The van der Waals surface area contributed by atoms with Crippen molar-refractivity contribution in [3.05, 3.63) is 54.6 Å². The van der Waals surface area contributed by atoms with Gasteiger partial charge in [-0.3, -0.25) is 9.69 Å². The Morgan fingerprint density at radius 3 is 2.78 bits per heavy atom. The lowest BCUT2D eigenvalue weighted by molar-refractivity contribution is -0.124. The van der Waals surface area contributed by atoms with Gasteiger partial charge in [0.25, 0.3) is 0 Å². The molecule has 1 aliphatic rings. The van der Waals surface area contributed by atoms with Crippen molar-refractivity contribution in [2.24, 2.45) is 0 Å². The van der Waals surface area contributed by atoms with Crippen LogP contribution in [0.5, 0.6) is 0 Å². The molecule has 2 aromatic rings. The van der Waals surface area contributed by atoms with E-state index < -0.39 is 0 Å². The topological polar surface area (TPSA) is 50.2 Å². The standard InChI is InChI=1S/C18H24N4O/c1-14(16-6-4-3-5-7-16)21-10-8-17(12-21)20-18(23)15(2)22-11-9-19-13-22/h3-7,9,11,13-15,17H,8,10,12H2,1-2H3,(H,20,23)/t14-,15+,17-/m1/s1. The summed E-state index contributed by atoms with van der Waals surface area (Å²) in [7, 11) is 0. The third-order valence-corrected chi connectivity index (χ3v) is 4.75. The molecule has 5 heteroatoms. The normalized spacial score (nSPS) is 21.0. The summed E-state index contributed by atoms with van der Waals surface area (Å²) in [6, 6.07) is 10.9. The lowest BCUT2D eigenvalue weighted by Crippen LogP contribution is -2.40. The van der Waals surface area contributed by atoms with Gasteiger partial charge in [0.15, 0.2) is 0 Å². The van der Waals surface area contributed by atoms with Gasteiger partial charge in [0.2, 0.25) is 5.91 Å². The number of nitrogens with zero attached hydrogens (tertiary/aromatic N) is 3. The van der Waals surface area contributed by atoms with E-state index in [1.165, 1.54) is 5.56 Å². The predicted octanol–water partition coefficient (Wildman–Crippen LogP) is 2.40. The molecule has 3 rings (SSSR count). The van der Waals surface area contributed by atoms with Gasteiger partial charge < -0.3 is 9.88 Å². The molecule has 0 bridgehead atoms. The summed E-state index contributed by atoms with van der Waals surface area (Å²) >= 11 is 0. The number of likely N-dealkylation sites (tertiary alicyclic amines) is 1. The molecule has 3 atom stereocenters. The zero-order valence-electron chi connectivity index (χ0n) is 13.7. The molecule has 0 spiro atoms. The Balaban J connectivity index is 1.55. The van der Waals surface area contributed by atoms with Gasteiger partial charge >= 0.3 is 0 Å². The quantitative estimate of drug-likeness (QED) is 0.922. The molecule has 0 radical (unpaired) electrons. The number of carbonyl (C=O) groups excluding carboxylic acids is 1. The van der Waals surface area contributed by atoms with Gasteiger partial charge in [0.05, 0.1) is 6.33 Å². The zero-order chi connectivity index (χ0) is 16.2. The van der Waals surface area contributed by atoms with Gasteiger partial charge in [-0.15, -0.1) is 0 Å². The maximum Gasteiger partial charge on any atom is 0.243 e. The van der Waals surface area contributed by atoms with Crippen LogP contribution in [0.25, 0.3) is 0 Å². The molecule has 1 fully saturated rings. The molecule has 122 valence electrons. The van der Waals surface area contributed by atoms with Gasteiger partial charge in [-0.05, 0) is 25.8 Å². The molecule has 1 N–H and O–H groups in total. The minimum absolute atomic E-state index is 0.0576. The minimum atomic E-state index is -0.224. The molecule has 1 aromatic carbocycles. The molecule has 2 heterocycles. The van der Waals surface area contributed by atoms with Crippen LogP contribution in [0.2, 0.25) is 0 Å². The van der Waals surface area contributed by atoms with Gasteiger partial charge in [0, 0.05) is 37.6 Å². The Hall–Kier alpha value is -2.14. The highest BCUT2D eigenvalue weighted by molar-refractivity contribution is 5.80. The molecule has 1 amide bonds. The smallest absolute Gasteiger partial charge is 0.243 e. The number of hydrogen-bond acceptors (Lipinski definition) is 3. The van der Waals surface area contributed by atoms with Crippen LogP contribution in [0.4, 0.5) is 0 Å². The first kappa shape index (κ1) is 15.7. The number of rotatable bonds is 5. The number of nitrogens with one attached hydrogen (secondary N) is 1. The second-order valence-electron chi connectivity index (χ2n) is 6.26. The van der Waals surface area contributed by atoms with Crippen molar-refractivity contribution in [2.75, 3.05) is 13.1 Å². The van der Waals surface area contributed by atoms with E-state index in [1.54, 1.807) is 12.5 Å². The van der Waals surface area contributed by atoms with Crippen LogP contribution in [0, 0.1) is 0 Å². The molecule has 23 heavy (non-hydrogen) atoms. The summed E-state index contributed by atoms with van der Waals surface area (Å²) in [5.74, 6) is 0.0576. The van der Waals surface area contributed by atoms with Crippen molar-refractivity contribution in [3.8, 4) is 0 Å². The fourth-order valence-corrected chi connectivity index (χ4v) is 3.15. The van der Waals surface area contributed by atoms with Crippen LogP contribution in [0.15, 0.2) is 49.1 Å². The number of hydrogen-bond donors (Lipinski definition) is 1. The van der Waals surface area contributed by atoms with E-state index in [4.69, 9.17) is 0 Å². The first-order valence-electron chi connectivity index (χ1n) is 8.22. The largest absolute Gasteiger partial charge is 0.350 e. The molecule has 5 nitrogen and oxygen atoms in total. The summed E-state index contributed by atoms with van der Waals surface area (Å²) in [4.78, 5) is 18.8. The SMILES string of the molecule is C[C@H](c1ccccc1)N1CC[C@@H](NC(=O)[C@H](C)n2ccnc2)C1. The number of aromatic nitrogens is 2. The number of benzene rings is 1. The maximum atomic E-state index is 12.4. The third kappa shape index (κ3) is 3.62. The summed E-state index contributed by atoms with van der Waals surface area (Å²) < 4.78 is 1.83. The molecule has 1 saturated heterocycles. The van der Waals surface area contributed by atoms with Crippen LogP contribution in [-0.4, -0.2) is 39.5 Å². The Labute approximate surface area is 137 Å². The van der Waals surface area contributed by atoms with Gasteiger partial charge in [-0.1, -0.05) is 30.3 Å². The summed E-state index contributed by atoms with van der Waals surface area (Å²) in [5.41, 5.74) is 1.33. The number of amides is 1. The first-order valence-corrected chi connectivity index (χ1v) is 8.22. The highest BCUT2D eigenvalue weighted by atomic mass is 16.2. The Kier molecular flexibility index (Phi) is 4.76. The fraction of sp³-hybridized carbons (Fsp3) is 0.444. The minimum Gasteiger partial charge on any atom is -0.350 e. The van der Waals surface area contributed by atoms with E-state index in [0.29, 0.717) is 6.04 Å². The predicted molar refractivity (Wildman–Crippen MR) is 89.9 cm³/mol. The van der Waals surface area contributed by atoms with Crippen molar-refractivity contribution in [1.82, 2.24) is 19.8 Å². The summed E-state index contributed by atoms with van der Waals surface area (Å²) in [6.07, 6.45) is 6.20. The van der Waals surface area contributed by atoms with Crippen molar-refractivity contribution in [2.45, 2.75) is 38.4 Å². The van der Waals surface area contributed by atoms with E-state index in [1.807, 2.05) is 23.8 Å². The van der Waals surface area contributed by atoms with Crippen LogP contribution in [0.3, 0.4) is 0 Å². The maximum absolute atomic E-state index is 12.4. The first-order chi connectivity index (χ1) is 11.1. The molecular weight excluding hydrogens is 288 g/mol. The molecule has 0 saturated carbocycles. The monoisotopic (exact) mass is 312 g/mol. The average Bonchev–Trinajstić information content (AvgIpc) is 3.26. The lowest BCUT2D eigenvalue weighted by atomic mass is 10.1. The highest BCUT2D eigenvalue weighted by Crippen LogP contribution is 2.24. The second kappa shape index (κ2) is 6.96. The van der Waals surface area contributed by atoms with Gasteiger partial charge in [-0.2, -0.15) is 0 Å². The van der Waals surface area contributed by atoms with E-state index in [9.17, 15) is 4.79 Å². The molecule has 1 aromatic heterocycles. The van der Waals surface area contributed by atoms with E-state index >= 15 is 0 Å². The number of imidazole rings is 1. The molecule has 1 aliphatic heterocycles. The van der Waals surface area contributed by atoms with Gasteiger partial charge in [-0.25, -0.2) is 4.98 Å². The van der Waals surface area contributed by atoms with E-state index in [-0.39, 0.29) is 18.0 Å². The zero-order valence-corrected chi connectivity index (χ0v) is 13.7. The Morgan fingerprint density at radius 2 is 2.09 bits per heavy atom. The van der Waals surface area contributed by atoms with Crippen molar-refractivity contribution >= 4 is 5.91 Å². The lowest BCUT2D eigenvalue weighted by Gasteiger charge is -2.25. The van der Waals surface area contributed by atoms with Gasteiger partial charge in [0.1, 0.15) is 6.04 Å². The fourth-order valence-electron chi connectivity index (χ4n) is 3.15.